The molecule has 4 heteroatoms. The highest BCUT2D eigenvalue weighted by Crippen LogP contribution is 2.16. The molecule has 100 valence electrons. The summed E-state index contributed by atoms with van der Waals surface area (Å²) in [7, 11) is 0. The van der Waals surface area contributed by atoms with Gasteiger partial charge in [-0.1, -0.05) is 26.0 Å². The van der Waals surface area contributed by atoms with Crippen molar-refractivity contribution in [3.8, 4) is 0 Å². The Balaban J connectivity index is 2.20. The topological polar surface area (TPSA) is 64.3 Å². The fourth-order valence-corrected chi connectivity index (χ4v) is 1.48. The smallest absolute Gasteiger partial charge is 0.224 e. The summed E-state index contributed by atoms with van der Waals surface area (Å²) < 4.78 is 5.41. The quantitative estimate of drug-likeness (QED) is 0.577. The third kappa shape index (κ3) is 5.68. The third-order valence-electron chi connectivity index (χ3n) is 2.38. The van der Waals surface area contributed by atoms with Crippen LogP contribution < -0.4 is 11.1 Å². The highest BCUT2D eigenvalue weighted by Gasteiger charge is 2.04. The number of para-hydroxylation sites is 2. The minimum absolute atomic E-state index is 0.0268. The average molecular weight is 250 g/mol. The fourth-order valence-electron chi connectivity index (χ4n) is 1.48. The van der Waals surface area contributed by atoms with Crippen LogP contribution in [-0.4, -0.2) is 19.1 Å². The average Bonchev–Trinajstić information content (AvgIpc) is 2.31. The highest BCUT2D eigenvalue weighted by atomic mass is 16.5. The molecule has 0 aliphatic heterocycles. The number of nitrogens with one attached hydrogen (secondary N) is 1. The molecule has 0 saturated heterocycles. The van der Waals surface area contributed by atoms with Crippen LogP contribution in [0.15, 0.2) is 24.3 Å². The number of carbonyl (C=O) groups excluding carboxylic acids is 1. The van der Waals surface area contributed by atoms with E-state index in [1.165, 1.54) is 0 Å². The van der Waals surface area contributed by atoms with Crippen molar-refractivity contribution in [2.75, 3.05) is 24.3 Å². The van der Waals surface area contributed by atoms with Crippen LogP contribution >= 0.6 is 0 Å². The van der Waals surface area contributed by atoms with Crippen molar-refractivity contribution in [3.63, 3.8) is 0 Å². The first kappa shape index (κ1) is 14.5. The van der Waals surface area contributed by atoms with Crippen molar-refractivity contribution in [1.29, 1.82) is 0 Å². The number of nitrogens with two attached hydrogens (primary N) is 1. The summed E-state index contributed by atoms with van der Waals surface area (Å²) in [6, 6.07) is 7.24. The largest absolute Gasteiger partial charge is 0.397 e. The van der Waals surface area contributed by atoms with Crippen LogP contribution in [0.5, 0.6) is 0 Å². The van der Waals surface area contributed by atoms with Crippen LogP contribution in [0.3, 0.4) is 0 Å². The Morgan fingerprint density at radius 1 is 1.39 bits per heavy atom. The number of anilines is 2. The number of benzene rings is 1. The summed E-state index contributed by atoms with van der Waals surface area (Å²) in [5, 5.41) is 2.79. The molecule has 0 fully saturated rings. The van der Waals surface area contributed by atoms with Crippen LogP contribution in [0.2, 0.25) is 0 Å². The highest BCUT2D eigenvalue weighted by molar-refractivity contribution is 5.93. The van der Waals surface area contributed by atoms with Gasteiger partial charge in [0.15, 0.2) is 0 Å². The number of rotatable bonds is 7. The van der Waals surface area contributed by atoms with Crippen molar-refractivity contribution in [2.24, 2.45) is 5.92 Å². The first-order chi connectivity index (χ1) is 8.59. The second kappa shape index (κ2) is 7.71. The Morgan fingerprint density at radius 2 is 2.11 bits per heavy atom. The van der Waals surface area contributed by atoms with E-state index in [0.29, 0.717) is 30.3 Å². The molecule has 4 nitrogen and oxygen atoms in total. The van der Waals surface area contributed by atoms with E-state index in [0.717, 1.165) is 13.0 Å². The molecule has 1 amide bonds. The number of nitrogen functional groups attached to an aromatic ring is 1. The van der Waals surface area contributed by atoms with Crippen molar-refractivity contribution >= 4 is 17.3 Å². The Labute approximate surface area is 109 Å². The summed E-state index contributed by atoms with van der Waals surface area (Å²) in [6.07, 6.45) is 1.18. The Bertz CT molecular complexity index is 378. The molecule has 18 heavy (non-hydrogen) atoms. The predicted molar refractivity (Wildman–Crippen MR) is 74.4 cm³/mol. The molecule has 0 aliphatic rings. The van der Waals surface area contributed by atoms with E-state index < -0.39 is 0 Å². The lowest BCUT2D eigenvalue weighted by molar-refractivity contribution is -0.116. The van der Waals surface area contributed by atoms with Gasteiger partial charge in [-0.3, -0.25) is 4.79 Å². The van der Waals surface area contributed by atoms with E-state index in [1.54, 1.807) is 12.1 Å². The minimum Gasteiger partial charge on any atom is -0.397 e. The Morgan fingerprint density at radius 3 is 2.78 bits per heavy atom. The van der Waals surface area contributed by atoms with Gasteiger partial charge in [0.25, 0.3) is 0 Å². The van der Waals surface area contributed by atoms with E-state index >= 15 is 0 Å². The number of hydrogen-bond acceptors (Lipinski definition) is 3. The monoisotopic (exact) mass is 250 g/mol. The maximum atomic E-state index is 11.6. The van der Waals surface area contributed by atoms with Crippen molar-refractivity contribution in [2.45, 2.75) is 26.7 Å². The van der Waals surface area contributed by atoms with Gasteiger partial charge in [-0.2, -0.15) is 0 Å². The van der Waals surface area contributed by atoms with Crippen molar-refractivity contribution in [3.05, 3.63) is 24.3 Å². The van der Waals surface area contributed by atoms with E-state index in [-0.39, 0.29) is 5.91 Å². The lowest BCUT2D eigenvalue weighted by atomic mass is 10.2. The number of ether oxygens (including phenoxy) is 1. The molecule has 0 aliphatic carbocycles. The molecule has 0 spiro atoms. The normalized spacial score (nSPS) is 10.6. The van der Waals surface area contributed by atoms with E-state index in [4.69, 9.17) is 10.5 Å². The zero-order valence-electron chi connectivity index (χ0n) is 11.1. The molecule has 0 bridgehead atoms. The zero-order valence-corrected chi connectivity index (χ0v) is 11.1. The zero-order chi connectivity index (χ0) is 13.4. The van der Waals surface area contributed by atoms with Crippen LogP contribution in [0.4, 0.5) is 11.4 Å². The summed E-state index contributed by atoms with van der Waals surface area (Å²) in [5.41, 5.74) is 7.00. The summed E-state index contributed by atoms with van der Waals surface area (Å²) >= 11 is 0. The molecule has 0 unspecified atom stereocenters. The maximum Gasteiger partial charge on any atom is 0.224 e. The lowest BCUT2D eigenvalue weighted by Crippen LogP contribution is -2.13. The molecule has 1 rings (SSSR count). The third-order valence-corrected chi connectivity index (χ3v) is 2.38. The van der Waals surface area contributed by atoms with Gasteiger partial charge in [-0.25, -0.2) is 0 Å². The SMILES string of the molecule is CC(C)COCCCC(=O)Nc1ccccc1N. The number of amides is 1. The van der Waals surface area contributed by atoms with Gasteiger partial charge in [-0.15, -0.1) is 0 Å². The molecule has 0 atom stereocenters. The van der Waals surface area contributed by atoms with Gasteiger partial charge in [0.2, 0.25) is 5.91 Å². The molecule has 0 radical (unpaired) electrons. The number of carbonyl (C=O) groups is 1. The second-order valence-corrected chi connectivity index (χ2v) is 4.71. The van der Waals surface area contributed by atoms with E-state index in [1.807, 2.05) is 12.1 Å². The molecular weight excluding hydrogens is 228 g/mol. The first-order valence-corrected chi connectivity index (χ1v) is 6.31. The van der Waals surface area contributed by atoms with Gasteiger partial charge in [0.05, 0.1) is 11.4 Å². The van der Waals surface area contributed by atoms with Gasteiger partial charge < -0.3 is 15.8 Å². The molecule has 0 saturated carbocycles. The molecule has 3 N–H and O–H groups in total. The van der Waals surface area contributed by atoms with Gasteiger partial charge >= 0.3 is 0 Å². The standard InChI is InChI=1S/C14H22N2O2/c1-11(2)10-18-9-5-8-14(17)16-13-7-4-3-6-12(13)15/h3-4,6-7,11H,5,8-10,15H2,1-2H3,(H,16,17). The molecule has 1 aromatic carbocycles. The Kier molecular flexibility index (Phi) is 6.22. The van der Waals surface area contributed by atoms with Gasteiger partial charge in [-0.05, 0) is 24.5 Å². The lowest BCUT2D eigenvalue weighted by Gasteiger charge is -2.08. The van der Waals surface area contributed by atoms with Crippen molar-refractivity contribution in [1.82, 2.24) is 0 Å². The van der Waals surface area contributed by atoms with Crippen molar-refractivity contribution < 1.29 is 9.53 Å². The summed E-state index contributed by atoms with van der Waals surface area (Å²) in [4.78, 5) is 11.6. The molecule has 0 aromatic heterocycles. The van der Waals surface area contributed by atoms with Crippen LogP contribution in [-0.2, 0) is 9.53 Å². The fraction of sp³-hybridized carbons (Fsp3) is 0.500. The minimum atomic E-state index is -0.0268. The summed E-state index contributed by atoms with van der Waals surface area (Å²) in [5.74, 6) is 0.504. The van der Waals surface area contributed by atoms with Crippen LogP contribution in [0.1, 0.15) is 26.7 Å². The second-order valence-electron chi connectivity index (χ2n) is 4.71. The maximum absolute atomic E-state index is 11.6. The molecule has 1 aromatic rings. The van der Waals surface area contributed by atoms with E-state index in [9.17, 15) is 4.79 Å². The summed E-state index contributed by atoms with van der Waals surface area (Å²) in [6.45, 7) is 5.57. The van der Waals surface area contributed by atoms with Crippen LogP contribution in [0, 0.1) is 5.92 Å². The van der Waals surface area contributed by atoms with Gasteiger partial charge in [0.1, 0.15) is 0 Å². The molecular formula is C14H22N2O2. The van der Waals surface area contributed by atoms with Gasteiger partial charge in [0, 0.05) is 19.6 Å². The van der Waals surface area contributed by atoms with Crippen LogP contribution in [0.25, 0.3) is 0 Å². The number of hydrogen-bond donors (Lipinski definition) is 2. The Hall–Kier alpha value is -1.55. The predicted octanol–water partition coefficient (Wildman–Crippen LogP) is 2.66. The molecule has 0 heterocycles. The first-order valence-electron chi connectivity index (χ1n) is 6.31. The van der Waals surface area contributed by atoms with E-state index in [2.05, 4.69) is 19.2 Å².